The first-order valence-electron chi connectivity index (χ1n) is 12.3. The second-order valence-corrected chi connectivity index (χ2v) is 9.64. The van der Waals surface area contributed by atoms with Gasteiger partial charge in [-0.25, -0.2) is 9.69 Å². The molecule has 192 valence electrons. The highest BCUT2D eigenvalue weighted by Crippen LogP contribution is 2.38. The number of ether oxygens (including phenoxy) is 1. The lowest BCUT2D eigenvalue weighted by Crippen LogP contribution is -2.45. The molecule has 2 saturated heterocycles. The molecule has 3 atom stereocenters. The number of likely N-dealkylation sites (tertiary alicyclic amines) is 1. The number of halogens is 3. The van der Waals surface area contributed by atoms with Crippen LogP contribution in [-0.2, 0) is 28.7 Å². The lowest BCUT2D eigenvalue weighted by Gasteiger charge is -2.26. The van der Waals surface area contributed by atoms with E-state index in [1.54, 1.807) is 0 Å². The fourth-order valence-electron chi connectivity index (χ4n) is 5.31. The van der Waals surface area contributed by atoms with Crippen molar-refractivity contribution < 1.29 is 27.5 Å². The standard InChI is InChI=1S/C29H27F3N2O3/c30-29(31,32)23-13-11-22(12-14-23)25-17-33(16-21-9-5-2-6-10-21)18-26(25)27(35)34-24(19-37-28(34)36)15-20-7-3-1-4-8-20/h1-14,24-26H,15-19H2/t24-,25-,26+/m1/s1. The van der Waals surface area contributed by atoms with Crippen LogP contribution in [0.15, 0.2) is 84.9 Å². The largest absolute Gasteiger partial charge is 0.447 e. The molecule has 3 aromatic carbocycles. The molecule has 3 aromatic rings. The van der Waals surface area contributed by atoms with Crippen LogP contribution in [0.2, 0.25) is 0 Å². The smallest absolute Gasteiger partial charge is 0.416 e. The summed E-state index contributed by atoms with van der Waals surface area (Å²) in [6.45, 7) is 1.59. The van der Waals surface area contributed by atoms with Gasteiger partial charge in [-0.3, -0.25) is 9.69 Å². The molecule has 0 aliphatic carbocycles. The highest BCUT2D eigenvalue weighted by atomic mass is 19.4. The molecule has 0 saturated carbocycles. The topological polar surface area (TPSA) is 49.9 Å². The molecule has 0 unspecified atom stereocenters. The molecule has 8 heteroatoms. The van der Waals surface area contributed by atoms with E-state index in [2.05, 4.69) is 4.90 Å². The Balaban J connectivity index is 1.41. The second kappa shape index (κ2) is 10.4. The number of carbonyl (C=O) groups is 2. The SMILES string of the molecule is O=C1OC[C@@H](Cc2ccccc2)N1C(=O)[C@H]1CN(Cc2ccccc2)C[C@@H]1c1ccc(C(F)(F)F)cc1. The summed E-state index contributed by atoms with van der Waals surface area (Å²) >= 11 is 0. The molecule has 2 amide bonds. The van der Waals surface area contributed by atoms with Gasteiger partial charge < -0.3 is 4.74 Å². The van der Waals surface area contributed by atoms with Crippen molar-refractivity contribution in [2.24, 2.45) is 5.92 Å². The first-order valence-corrected chi connectivity index (χ1v) is 12.3. The zero-order chi connectivity index (χ0) is 26.0. The molecule has 0 bridgehead atoms. The third-order valence-electron chi connectivity index (χ3n) is 7.14. The predicted molar refractivity (Wildman–Crippen MR) is 132 cm³/mol. The van der Waals surface area contributed by atoms with Gasteiger partial charge in [-0.15, -0.1) is 0 Å². The number of hydrogen-bond donors (Lipinski definition) is 0. The van der Waals surface area contributed by atoms with E-state index >= 15 is 0 Å². The van der Waals surface area contributed by atoms with E-state index in [-0.39, 0.29) is 18.4 Å². The average molecular weight is 509 g/mol. The minimum Gasteiger partial charge on any atom is -0.447 e. The number of nitrogens with zero attached hydrogens (tertiary/aromatic N) is 2. The molecular formula is C29H27F3N2O3. The number of cyclic esters (lactones) is 1. The number of carbonyl (C=O) groups excluding carboxylic acids is 2. The van der Waals surface area contributed by atoms with Crippen LogP contribution in [0.3, 0.4) is 0 Å². The van der Waals surface area contributed by atoms with E-state index < -0.39 is 29.8 Å². The molecule has 0 aromatic heterocycles. The van der Waals surface area contributed by atoms with Gasteiger partial charge in [-0.05, 0) is 35.2 Å². The summed E-state index contributed by atoms with van der Waals surface area (Å²) in [4.78, 5) is 29.9. The summed E-state index contributed by atoms with van der Waals surface area (Å²) in [5, 5.41) is 0. The Labute approximate surface area is 213 Å². The second-order valence-electron chi connectivity index (χ2n) is 9.64. The van der Waals surface area contributed by atoms with Crippen molar-refractivity contribution in [1.29, 1.82) is 0 Å². The highest BCUT2D eigenvalue weighted by molar-refractivity contribution is 5.95. The summed E-state index contributed by atoms with van der Waals surface area (Å²) in [6, 6.07) is 24.0. The number of alkyl halides is 3. The van der Waals surface area contributed by atoms with Crippen molar-refractivity contribution in [2.45, 2.75) is 31.1 Å². The Morgan fingerprint density at radius 1 is 0.865 bits per heavy atom. The number of imide groups is 1. The number of hydrogen-bond acceptors (Lipinski definition) is 4. The van der Waals surface area contributed by atoms with Crippen LogP contribution < -0.4 is 0 Å². The summed E-state index contributed by atoms with van der Waals surface area (Å²) in [5.74, 6) is -1.29. The summed E-state index contributed by atoms with van der Waals surface area (Å²) < 4.78 is 44.7. The summed E-state index contributed by atoms with van der Waals surface area (Å²) in [7, 11) is 0. The van der Waals surface area contributed by atoms with Gasteiger partial charge in [0.25, 0.3) is 0 Å². The predicted octanol–water partition coefficient (Wildman–Crippen LogP) is 5.51. The van der Waals surface area contributed by atoms with E-state index in [4.69, 9.17) is 4.74 Å². The van der Waals surface area contributed by atoms with Crippen molar-refractivity contribution in [2.75, 3.05) is 19.7 Å². The first kappa shape index (κ1) is 25.0. The summed E-state index contributed by atoms with van der Waals surface area (Å²) in [6.07, 6.45) is -4.63. The van der Waals surface area contributed by atoms with Crippen molar-refractivity contribution in [3.05, 3.63) is 107 Å². The lowest BCUT2D eigenvalue weighted by atomic mass is 9.87. The van der Waals surface area contributed by atoms with Crippen molar-refractivity contribution in [3.63, 3.8) is 0 Å². The molecule has 5 rings (SSSR count). The fraction of sp³-hybridized carbons (Fsp3) is 0.310. The van der Waals surface area contributed by atoms with E-state index in [0.29, 0.717) is 31.6 Å². The van der Waals surface area contributed by atoms with Crippen LogP contribution in [-0.4, -0.2) is 47.5 Å². The maximum Gasteiger partial charge on any atom is 0.416 e. The van der Waals surface area contributed by atoms with E-state index in [9.17, 15) is 22.8 Å². The van der Waals surface area contributed by atoms with Crippen molar-refractivity contribution in [3.8, 4) is 0 Å². The van der Waals surface area contributed by atoms with Gasteiger partial charge in [0.1, 0.15) is 6.61 Å². The third kappa shape index (κ3) is 5.54. The van der Waals surface area contributed by atoms with Gasteiger partial charge >= 0.3 is 12.3 Å². The zero-order valence-electron chi connectivity index (χ0n) is 20.1. The van der Waals surface area contributed by atoms with Crippen LogP contribution in [0.1, 0.15) is 28.2 Å². The van der Waals surface area contributed by atoms with Gasteiger partial charge in [-0.1, -0.05) is 72.8 Å². The van der Waals surface area contributed by atoms with Gasteiger partial charge in [-0.2, -0.15) is 13.2 Å². The molecule has 2 aliphatic rings. The maximum atomic E-state index is 13.9. The Morgan fingerprint density at radius 3 is 2.11 bits per heavy atom. The molecule has 37 heavy (non-hydrogen) atoms. The maximum absolute atomic E-state index is 13.9. The number of benzene rings is 3. The van der Waals surface area contributed by atoms with Crippen LogP contribution in [0.25, 0.3) is 0 Å². The van der Waals surface area contributed by atoms with Crippen molar-refractivity contribution >= 4 is 12.0 Å². The van der Waals surface area contributed by atoms with Crippen LogP contribution in [0.5, 0.6) is 0 Å². The monoisotopic (exact) mass is 508 g/mol. The summed E-state index contributed by atoms with van der Waals surface area (Å²) in [5.41, 5.74) is 1.97. The Bertz CT molecular complexity index is 1230. The third-order valence-corrected chi connectivity index (χ3v) is 7.14. The molecule has 0 radical (unpaired) electrons. The van der Waals surface area contributed by atoms with Gasteiger partial charge in [0, 0.05) is 25.6 Å². The molecule has 0 spiro atoms. The Kier molecular flexibility index (Phi) is 7.02. The van der Waals surface area contributed by atoms with Gasteiger partial charge in [0.05, 0.1) is 17.5 Å². The molecule has 2 aliphatic heterocycles. The fourth-order valence-corrected chi connectivity index (χ4v) is 5.31. The average Bonchev–Trinajstić information content (AvgIpc) is 3.48. The minimum atomic E-state index is -4.44. The Morgan fingerprint density at radius 2 is 1.49 bits per heavy atom. The quantitative estimate of drug-likeness (QED) is 0.441. The minimum absolute atomic E-state index is 0.116. The highest BCUT2D eigenvalue weighted by Gasteiger charge is 2.46. The molecular weight excluding hydrogens is 481 g/mol. The molecule has 2 fully saturated rings. The zero-order valence-corrected chi connectivity index (χ0v) is 20.1. The van der Waals surface area contributed by atoms with E-state index in [1.807, 2.05) is 60.7 Å². The van der Waals surface area contributed by atoms with E-state index in [0.717, 1.165) is 23.3 Å². The lowest BCUT2D eigenvalue weighted by molar-refractivity contribution is -0.137. The van der Waals surface area contributed by atoms with E-state index in [1.165, 1.54) is 17.0 Å². The van der Waals surface area contributed by atoms with Crippen molar-refractivity contribution in [1.82, 2.24) is 9.80 Å². The van der Waals surface area contributed by atoms with Gasteiger partial charge in [0.2, 0.25) is 5.91 Å². The van der Waals surface area contributed by atoms with Crippen LogP contribution in [0, 0.1) is 5.92 Å². The normalized spacial score (nSPS) is 22.3. The molecule has 5 nitrogen and oxygen atoms in total. The Hall–Kier alpha value is -3.65. The molecule has 2 heterocycles. The molecule has 0 N–H and O–H groups in total. The van der Waals surface area contributed by atoms with Crippen LogP contribution >= 0.6 is 0 Å². The van der Waals surface area contributed by atoms with Crippen LogP contribution in [0.4, 0.5) is 18.0 Å². The number of rotatable bonds is 6. The van der Waals surface area contributed by atoms with Gasteiger partial charge in [0.15, 0.2) is 0 Å². The number of amides is 2. The first-order chi connectivity index (χ1) is 17.8.